The molecule has 0 radical (unpaired) electrons. The lowest BCUT2D eigenvalue weighted by atomic mass is 10.2. The molecule has 0 aliphatic rings. The third-order valence-corrected chi connectivity index (χ3v) is 3.74. The third-order valence-electron chi connectivity index (χ3n) is 3.74. The van der Waals surface area contributed by atoms with Crippen LogP contribution in [0.25, 0.3) is 10.9 Å². The van der Waals surface area contributed by atoms with Crippen molar-refractivity contribution in [3.8, 4) is 17.2 Å². The summed E-state index contributed by atoms with van der Waals surface area (Å²) in [6.45, 7) is 4.02. The molecule has 0 aliphatic carbocycles. The Morgan fingerprint density at radius 3 is 2.52 bits per heavy atom. The zero-order chi connectivity index (χ0) is 19.2. The molecule has 140 valence electrons. The SMILES string of the molecule is C=CCOc1ccc2[nH]nc(NC(=O)Nc3cc(OC)cc(OC)c3)c2c1. The summed E-state index contributed by atoms with van der Waals surface area (Å²) in [6.07, 6.45) is 1.66. The van der Waals surface area contributed by atoms with Gasteiger partial charge in [0.25, 0.3) is 0 Å². The first-order valence-electron chi connectivity index (χ1n) is 8.16. The van der Waals surface area contributed by atoms with Crippen molar-refractivity contribution in [1.29, 1.82) is 0 Å². The molecule has 0 aliphatic heterocycles. The molecular formula is C19H20N4O4. The summed E-state index contributed by atoms with van der Waals surface area (Å²) in [5, 5.41) is 13.2. The van der Waals surface area contributed by atoms with Gasteiger partial charge in [0.05, 0.1) is 19.7 Å². The molecule has 27 heavy (non-hydrogen) atoms. The summed E-state index contributed by atoms with van der Waals surface area (Å²) in [7, 11) is 3.08. The van der Waals surface area contributed by atoms with Gasteiger partial charge in [0, 0.05) is 29.3 Å². The number of nitrogens with one attached hydrogen (secondary N) is 3. The number of methoxy groups -OCH3 is 2. The normalized spacial score (nSPS) is 10.3. The number of benzene rings is 2. The maximum Gasteiger partial charge on any atom is 0.324 e. The van der Waals surface area contributed by atoms with Gasteiger partial charge in [-0.25, -0.2) is 4.79 Å². The number of H-pyrrole nitrogens is 1. The van der Waals surface area contributed by atoms with E-state index in [2.05, 4.69) is 27.4 Å². The minimum atomic E-state index is -0.448. The molecule has 1 heterocycles. The molecule has 0 saturated carbocycles. The second-order valence-corrected chi connectivity index (χ2v) is 5.56. The van der Waals surface area contributed by atoms with Crippen LogP contribution in [0.4, 0.5) is 16.3 Å². The van der Waals surface area contributed by atoms with Crippen molar-refractivity contribution in [1.82, 2.24) is 10.2 Å². The van der Waals surface area contributed by atoms with Crippen LogP contribution < -0.4 is 24.8 Å². The lowest BCUT2D eigenvalue weighted by molar-refractivity contribution is 0.262. The Morgan fingerprint density at radius 2 is 1.85 bits per heavy atom. The number of hydrogen-bond donors (Lipinski definition) is 3. The number of rotatable bonds is 7. The summed E-state index contributed by atoms with van der Waals surface area (Å²) in [4.78, 5) is 12.4. The van der Waals surface area contributed by atoms with Gasteiger partial charge in [-0.3, -0.25) is 10.4 Å². The van der Waals surface area contributed by atoms with E-state index in [4.69, 9.17) is 14.2 Å². The molecule has 0 atom stereocenters. The van der Waals surface area contributed by atoms with Crippen LogP contribution in [0.5, 0.6) is 17.2 Å². The van der Waals surface area contributed by atoms with Crippen LogP contribution in [0.15, 0.2) is 49.1 Å². The molecule has 8 nitrogen and oxygen atoms in total. The predicted molar refractivity (Wildman–Crippen MR) is 104 cm³/mol. The highest BCUT2D eigenvalue weighted by molar-refractivity contribution is 6.04. The van der Waals surface area contributed by atoms with Gasteiger partial charge in [-0.05, 0) is 18.2 Å². The van der Waals surface area contributed by atoms with Gasteiger partial charge in [0.1, 0.15) is 23.9 Å². The van der Waals surface area contributed by atoms with Crippen LogP contribution in [0.1, 0.15) is 0 Å². The molecule has 8 heteroatoms. The van der Waals surface area contributed by atoms with Crippen LogP contribution in [0, 0.1) is 0 Å². The fraction of sp³-hybridized carbons (Fsp3) is 0.158. The maximum atomic E-state index is 12.4. The van der Waals surface area contributed by atoms with Gasteiger partial charge >= 0.3 is 6.03 Å². The highest BCUT2D eigenvalue weighted by atomic mass is 16.5. The number of aromatic nitrogens is 2. The van der Waals surface area contributed by atoms with E-state index in [0.717, 1.165) is 10.9 Å². The number of aromatic amines is 1. The van der Waals surface area contributed by atoms with E-state index in [1.165, 1.54) is 0 Å². The number of nitrogens with zero attached hydrogens (tertiary/aromatic N) is 1. The first-order valence-corrected chi connectivity index (χ1v) is 8.16. The van der Waals surface area contributed by atoms with Crippen molar-refractivity contribution in [3.63, 3.8) is 0 Å². The minimum absolute atomic E-state index is 0.390. The monoisotopic (exact) mass is 368 g/mol. The molecule has 0 bridgehead atoms. The van der Waals surface area contributed by atoms with Crippen LogP contribution in [0.3, 0.4) is 0 Å². The second-order valence-electron chi connectivity index (χ2n) is 5.56. The predicted octanol–water partition coefficient (Wildman–Crippen LogP) is 3.79. The Bertz CT molecular complexity index is 945. The lowest BCUT2D eigenvalue weighted by Gasteiger charge is -2.10. The second kappa shape index (κ2) is 8.13. The number of fused-ring (bicyclic) bond motifs is 1. The van der Waals surface area contributed by atoms with Crippen molar-refractivity contribution in [3.05, 3.63) is 49.1 Å². The van der Waals surface area contributed by atoms with Gasteiger partial charge in [-0.1, -0.05) is 12.7 Å². The number of urea groups is 1. The van der Waals surface area contributed by atoms with Gasteiger partial charge in [0.2, 0.25) is 0 Å². The fourth-order valence-corrected chi connectivity index (χ4v) is 2.48. The van der Waals surface area contributed by atoms with Crippen molar-refractivity contribution >= 4 is 28.4 Å². The van der Waals surface area contributed by atoms with E-state index >= 15 is 0 Å². The van der Waals surface area contributed by atoms with Gasteiger partial charge in [-0.2, -0.15) is 5.10 Å². The molecule has 2 aromatic carbocycles. The minimum Gasteiger partial charge on any atom is -0.497 e. The summed E-state index contributed by atoms with van der Waals surface area (Å²) < 4.78 is 15.9. The van der Waals surface area contributed by atoms with Gasteiger partial charge in [0.15, 0.2) is 5.82 Å². The molecule has 0 spiro atoms. The van der Waals surface area contributed by atoms with Gasteiger partial charge in [-0.15, -0.1) is 0 Å². The number of ether oxygens (including phenoxy) is 3. The van der Waals surface area contributed by atoms with Crippen molar-refractivity contribution in [2.24, 2.45) is 0 Å². The number of carbonyl (C=O) groups is 1. The van der Waals surface area contributed by atoms with E-state index in [1.807, 2.05) is 12.1 Å². The quantitative estimate of drug-likeness (QED) is 0.551. The number of hydrogen-bond acceptors (Lipinski definition) is 5. The molecule has 3 N–H and O–H groups in total. The molecule has 3 rings (SSSR count). The number of amides is 2. The van der Waals surface area contributed by atoms with Crippen LogP contribution >= 0.6 is 0 Å². The topological polar surface area (TPSA) is 97.5 Å². The van der Waals surface area contributed by atoms with E-state index < -0.39 is 6.03 Å². The zero-order valence-corrected chi connectivity index (χ0v) is 15.0. The molecule has 3 aromatic rings. The van der Waals surface area contributed by atoms with Crippen LogP contribution in [-0.2, 0) is 0 Å². The average molecular weight is 368 g/mol. The number of carbonyl (C=O) groups excluding carboxylic acids is 1. The maximum absolute atomic E-state index is 12.4. The summed E-state index contributed by atoms with van der Waals surface area (Å²) in [5.74, 6) is 2.18. The summed E-state index contributed by atoms with van der Waals surface area (Å²) in [6, 6.07) is 10.1. The Morgan fingerprint density at radius 1 is 1.11 bits per heavy atom. The Kier molecular flexibility index (Phi) is 5.46. The average Bonchev–Trinajstić information content (AvgIpc) is 3.07. The zero-order valence-electron chi connectivity index (χ0n) is 15.0. The highest BCUT2D eigenvalue weighted by Crippen LogP contribution is 2.27. The summed E-state index contributed by atoms with van der Waals surface area (Å²) >= 11 is 0. The lowest BCUT2D eigenvalue weighted by Crippen LogP contribution is -2.19. The van der Waals surface area contributed by atoms with Crippen molar-refractivity contribution in [2.75, 3.05) is 31.5 Å². The molecular weight excluding hydrogens is 348 g/mol. The van der Waals surface area contributed by atoms with Crippen molar-refractivity contribution in [2.45, 2.75) is 0 Å². The molecule has 2 amide bonds. The van der Waals surface area contributed by atoms with Gasteiger partial charge < -0.3 is 19.5 Å². The van der Waals surface area contributed by atoms with Crippen LogP contribution in [0.2, 0.25) is 0 Å². The highest BCUT2D eigenvalue weighted by Gasteiger charge is 2.12. The molecule has 0 saturated heterocycles. The Hall–Kier alpha value is -3.68. The first kappa shape index (κ1) is 18.1. The van der Waals surface area contributed by atoms with E-state index in [1.54, 1.807) is 44.6 Å². The Labute approximate surface area is 156 Å². The fourth-order valence-electron chi connectivity index (χ4n) is 2.48. The Balaban J connectivity index is 1.77. The van der Waals surface area contributed by atoms with Crippen LogP contribution in [-0.4, -0.2) is 37.1 Å². The number of anilines is 2. The third kappa shape index (κ3) is 4.30. The summed E-state index contributed by atoms with van der Waals surface area (Å²) in [5.41, 5.74) is 1.30. The smallest absolute Gasteiger partial charge is 0.324 e. The first-order chi connectivity index (χ1) is 13.1. The van der Waals surface area contributed by atoms with E-state index in [9.17, 15) is 4.79 Å². The van der Waals surface area contributed by atoms with E-state index in [-0.39, 0.29) is 0 Å². The largest absolute Gasteiger partial charge is 0.497 e. The van der Waals surface area contributed by atoms with Crippen molar-refractivity contribution < 1.29 is 19.0 Å². The van der Waals surface area contributed by atoms with E-state index in [0.29, 0.717) is 35.4 Å². The molecule has 0 unspecified atom stereocenters. The standard InChI is InChI=1S/C19H20N4O4/c1-4-7-27-13-5-6-17-16(11-13)18(23-22-17)21-19(24)20-12-8-14(25-2)10-15(9-12)26-3/h4-6,8-11H,1,7H2,2-3H3,(H3,20,21,22,23,24). The molecule has 0 fully saturated rings. The molecule has 1 aromatic heterocycles.